The van der Waals surface area contributed by atoms with Crippen LogP contribution in [-0.4, -0.2) is 31.6 Å². The fraction of sp³-hybridized carbons (Fsp3) is 0.278. The van der Waals surface area contributed by atoms with Gasteiger partial charge in [-0.25, -0.2) is 4.79 Å². The van der Waals surface area contributed by atoms with Crippen LogP contribution in [0.25, 0.3) is 0 Å². The molecule has 2 aromatic carbocycles. The Morgan fingerprint density at radius 3 is 2.15 bits per heavy atom. The molecule has 1 saturated heterocycles. The summed E-state index contributed by atoms with van der Waals surface area (Å²) >= 11 is 0. The lowest BCUT2D eigenvalue weighted by Gasteiger charge is -2.10. The van der Waals surface area contributed by atoms with Crippen LogP contribution in [0.1, 0.15) is 16.8 Å². The third-order valence-corrected chi connectivity index (χ3v) is 3.47. The van der Waals surface area contributed by atoms with Crippen LogP contribution in [0.2, 0.25) is 0 Å². The number of carbonyl (C=O) groups is 1. The van der Waals surface area contributed by atoms with Crippen molar-refractivity contribution in [3.8, 4) is 17.2 Å². The van der Waals surface area contributed by atoms with E-state index in [0.717, 1.165) is 25.2 Å². The number of halogens is 3. The highest BCUT2D eigenvalue weighted by atomic mass is 19.4. The highest BCUT2D eigenvalue weighted by Gasteiger charge is 2.31. The fourth-order valence-electron chi connectivity index (χ4n) is 2.11. The quantitative estimate of drug-likeness (QED) is 0.420. The molecule has 1 heterocycles. The highest BCUT2D eigenvalue weighted by molar-refractivity contribution is 5.91. The molecule has 2 aromatic rings. The third kappa shape index (κ3) is 5.66. The molecule has 0 bridgehead atoms. The lowest BCUT2D eigenvalue weighted by molar-refractivity contribution is -0.274. The van der Waals surface area contributed by atoms with Crippen LogP contribution >= 0.6 is 0 Å². The number of ether oxygens (including phenoxy) is 4. The van der Waals surface area contributed by atoms with E-state index in [-0.39, 0.29) is 11.9 Å². The van der Waals surface area contributed by atoms with Gasteiger partial charge in [0.15, 0.2) is 0 Å². The van der Waals surface area contributed by atoms with Crippen molar-refractivity contribution in [2.24, 2.45) is 0 Å². The molecule has 138 valence electrons. The first-order valence-electron chi connectivity index (χ1n) is 7.81. The maximum atomic E-state index is 12.1. The standard InChI is InChI=1S/C18H15F3O5/c19-18(20,21)26-15-7-5-14(6-8-15)25-17(22)12-1-3-13(4-2-12)23-10-9-16-11-24-16/h1-8,16H,9-11H2. The monoisotopic (exact) mass is 368 g/mol. The number of rotatable bonds is 7. The molecule has 1 aliphatic rings. The van der Waals surface area contributed by atoms with Gasteiger partial charge in [-0.1, -0.05) is 0 Å². The van der Waals surface area contributed by atoms with E-state index in [2.05, 4.69) is 4.74 Å². The number of hydrogen-bond donors (Lipinski definition) is 0. The van der Waals surface area contributed by atoms with E-state index in [1.54, 1.807) is 24.3 Å². The van der Waals surface area contributed by atoms with Gasteiger partial charge in [-0.2, -0.15) is 0 Å². The Morgan fingerprint density at radius 1 is 1.00 bits per heavy atom. The summed E-state index contributed by atoms with van der Waals surface area (Å²) in [6.07, 6.45) is -3.66. The van der Waals surface area contributed by atoms with Crippen LogP contribution in [0.5, 0.6) is 17.2 Å². The van der Waals surface area contributed by atoms with E-state index in [1.807, 2.05) is 0 Å². The molecule has 5 nitrogen and oxygen atoms in total. The van der Waals surface area contributed by atoms with Crippen molar-refractivity contribution < 1.29 is 36.9 Å². The molecule has 1 unspecified atom stereocenters. The SMILES string of the molecule is O=C(Oc1ccc(OC(F)(F)F)cc1)c1ccc(OCCC2CO2)cc1. The number of alkyl halides is 3. The highest BCUT2D eigenvalue weighted by Crippen LogP contribution is 2.25. The van der Waals surface area contributed by atoms with E-state index < -0.39 is 18.1 Å². The first kappa shape index (κ1) is 18.1. The van der Waals surface area contributed by atoms with Gasteiger partial charge in [0.25, 0.3) is 0 Å². The van der Waals surface area contributed by atoms with Crippen LogP contribution in [0, 0.1) is 0 Å². The van der Waals surface area contributed by atoms with Gasteiger partial charge in [-0.15, -0.1) is 13.2 Å². The number of carbonyl (C=O) groups excluding carboxylic acids is 1. The molecule has 0 aliphatic carbocycles. The molecule has 0 N–H and O–H groups in total. The number of hydrogen-bond acceptors (Lipinski definition) is 5. The van der Waals surface area contributed by atoms with Crippen molar-refractivity contribution >= 4 is 5.97 Å². The van der Waals surface area contributed by atoms with Gasteiger partial charge < -0.3 is 18.9 Å². The smallest absolute Gasteiger partial charge is 0.493 e. The number of esters is 1. The average Bonchev–Trinajstić information content (AvgIpc) is 3.40. The Morgan fingerprint density at radius 2 is 1.58 bits per heavy atom. The fourth-order valence-corrected chi connectivity index (χ4v) is 2.11. The number of benzene rings is 2. The van der Waals surface area contributed by atoms with Crippen molar-refractivity contribution in [2.45, 2.75) is 18.9 Å². The maximum Gasteiger partial charge on any atom is 0.573 e. The van der Waals surface area contributed by atoms with E-state index in [9.17, 15) is 18.0 Å². The Kier molecular flexibility index (Phi) is 5.32. The zero-order chi connectivity index (χ0) is 18.6. The number of epoxide rings is 1. The zero-order valence-corrected chi connectivity index (χ0v) is 13.5. The van der Waals surface area contributed by atoms with Crippen molar-refractivity contribution in [3.05, 3.63) is 54.1 Å². The minimum Gasteiger partial charge on any atom is -0.493 e. The molecule has 0 spiro atoms. The molecule has 26 heavy (non-hydrogen) atoms. The molecular formula is C18H15F3O5. The summed E-state index contributed by atoms with van der Waals surface area (Å²) in [5.74, 6) is -0.298. The summed E-state index contributed by atoms with van der Waals surface area (Å²) in [6.45, 7) is 1.30. The zero-order valence-electron chi connectivity index (χ0n) is 13.5. The van der Waals surface area contributed by atoms with Gasteiger partial charge in [0.2, 0.25) is 0 Å². The minimum atomic E-state index is -4.77. The van der Waals surface area contributed by atoms with Gasteiger partial charge in [-0.05, 0) is 48.5 Å². The summed E-state index contributed by atoms with van der Waals surface area (Å²) < 4.78 is 55.8. The Labute approximate surface area is 147 Å². The molecule has 1 fully saturated rings. The lowest BCUT2D eigenvalue weighted by Crippen LogP contribution is -2.17. The van der Waals surface area contributed by atoms with E-state index in [1.165, 1.54) is 12.1 Å². The molecule has 0 aromatic heterocycles. The van der Waals surface area contributed by atoms with Gasteiger partial charge in [0, 0.05) is 6.42 Å². The van der Waals surface area contributed by atoms with Gasteiger partial charge >= 0.3 is 12.3 Å². The minimum absolute atomic E-state index is 0.106. The maximum absolute atomic E-state index is 12.1. The molecule has 8 heteroatoms. The normalized spacial score (nSPS) is 16.0. The van der Waals surface area contributed by atoms with E-state index in [0.29, 0.717) is 17.9 Å². The molecular weight excluding hydrogens is 353 g/mol. The van der Waals surface area contributed by atoms with Crippen LogP contribution in [-0.2, 0) is 4.74 Å². The van der Waals surface area contributed by atoms with Crippen LogP contribution in [0.4, 0.5) is 13.2 Å². The van der Waals surface area contributed by atoms with Crippen LogP contribution in [0.15, 0.2) is 48.5 Å². The van der Waals surface area contributed by atoms with Gasteiger partial charge in [-0.3, -0.25) is 0 Å². The van der Waals surface area contributed by atoms with Crippen LogP contribution < -0.4 is 14.2 Å². The molecule has 3 rings (SSSR count). The largest absolute Gasteiger partial charge is 0.573 e. The Hall–Kier alpha value is -2.74. The second kappa shape index (κ2) is 7.65. The van der Waals surface area contributed by atoms with Gasteiger partial charge in [0.1, 0.15) is 17.2 Å². The van der Waals surface area contributed by atoms with Crippen molar-refractivity contribution in [1.82, 2.24) is 0 Å². The second-order valence-corrected chi connectivity index (χ2v) is 5.53. The lowest BCUT2D eigenvalue weighted by atomic mass is 10.2. The summed E-state index contributed by atoms with van der Waals surface area (Å²) in [6, 6.07) is 11.0. The summed E-state index contributed by atoms with van der Waals surface area (Å²) in [5, 5.41) is 0. The molecule has 1 atom stereocenters. The summed E-state index contributed by atoms with van der Waals surface area (Å²) in [5.41, 5.74) is 0.290. The Balaban J connectivity index is 1.52. The molecule has 1 aliphatic heterocycles. The summed E-state index contributed by atoms with van der Waals surface area (Å²) in [7, 11) is 0. The van der Waals surface area contributed by atoms with Crippen molar-refractivity contribution in [2.75, 3.05) is 13.2 Å². The predicted octanol–water partition coefficient (Wildman–Crippen LogP) is 3.97. The molecule has 0 amide bonds. The second-order valence-electron chi connectivity index (χ2n) is 5.53. The molecule has 0 radical (unpaired) electrons. The first-order valence-corrected chi connectivity index (χ1v) is 7.81. The van der Waals surface area contributed by atoms with Crippen molar-refractivity contribution in [3.63, 3.8) is 0 Å². The molecule has 0 saturated carbocycles. The first-order chi connectivity index (χ1) is 12.4. The average molecular weight is 368 g/mol. The van der Waals surface area contributed by atoms with Gasteiger partial charge in [0.05, 0.1) is 24.9 Å². The van der Waals surface area contributed by atoms with E-state index in [4.69, 9.17) is 14.2 Å². The van der Waals surface area contributed by atoms with E-state index >= 15 is 0 Å². The van der Waals surface area contributed by atoms with Crippen molar-refractivity contribution in [1.29, 1.82) is 0 Å². The van der Waals surface area contributed by atoms with Crippen LogP contribution in [0.3, 0.4) is 0 Å². The summed E-state index contributed by atoms with van der Waals surface area (Å²) in [4.78, 5) is 12.1. The topological polar surface area (TPSA) is 57.3 Å². The predicted molar refractivity (Wildman–Crippen MR) is 84.4 cm³/mol. The Bertz CT molecular complexity index is 737. The third-order valence-electron chi connectivity index (χ3n) is 3.47.